The number of rotatable bonds is 4. The number of carbonyl (C=O) groups is 1. The monoisotopic (exact) mass is 376 g/mol. The number of ether oxygens (including phenoxy) is 1. The van der Waals surface area contributed by atoms with Gasteiger partial charge in [-0.25, -0.2) is 0 Å². The van der Waals surface area contributed by atoms with Crippen LogP contribution in [0.15, 0.2) is 60.2 Å². The second-order valence-electron chi connectivity index (χ2n) is 5.99. The van der Waals surface area contributed by atoms with Crippen LogP contribution in [-0.4, -0.2) is 13.0 Å². The highest BCUT2D eigenvalue weighted by molar-refractivity contribution is 6.31. The molecule has 3 rings (SSSR count). The summed E-state index contributed by atoms with van der Waals surface area (Å²) in [6.07, 6.45) is 1.58. The van der Waals surface area contributed by atoms with E-state index >= 15 is 0 Å². The van der Waals surface area contributed by atoms with Gasteiger partial charge in [0.15, 0.2) is 0 Å². The fourth-order valence-electron chi connectivity index (χ4n) is 2.77. The lowest BCUT2D eigenvalue weighted by molar-refractivity contribution is -0.112. The summed E-state index contributed by atoms with van der Waals surface area (Å²) in [6, 6.07) is 18.5. The van der Waals surface area contributed by atoms with Crippen molar-refractivity contribution >= 4 is 40.0 Å². The molecule has 3 aromatic carbocycles. The van der Waals surface area contributed by atoms with Gasteiger partial charge in [0.1, 0.15) is 17.4 Å². The second kappa shape index (κ2) is 7.94. The van der Waals surface area contributed by atoms with Crippen molar-refractivity contribution in [1.29, 1.82) is 5.26 Å². The van der Waals surface area contributed by atoms with E-state index in [-0.39, 0.29) is 5.57 Å². The van der Waals surface area contributed by atoms with Gasteiger partial charge < -0.3 is 10.1 Å². The molecule has 0 aliphatic rings. The number of fused-ring (bicyclic) bond motifs is 1. The van der Waals surface area contributed by atoms with Crippen LogP contribution in [0.25, 0.3) is 16.8 Å². The van der Waals surface area contributed by atoms with Crippen LogP contribution in [0, 0.1) is 18.3 Å². The topological polar surface area (TPSA) is 62.1 Å². The highest BCUT2D eigenvalue weighted by Crippen LogP contribution is 2.29. The van der Waals surface area contributed by atoms with Gasteiger partial charge in [0.05, 0.1) is 7.11 Å². The minimum atomic E-state index is -0.489. The fourth-order valence-corrected chi connectivity index (χ4v) is 2.95. The van der Waals surface area contributed by atoms with Crippen LogP contribution in [0.5, 0.6) is 5.75 Å². The fraction of sp³-hybridized carbons (Fsp3) is 0.0909. The van der Waals surface area contributed by atoms with Crippen molar-refractivity contribution in [3.63, 3.8) is 0 Å². The first-order valence-corrected chi connectivity index (χ1v) is 8.66. The van der Waals surface area contributed by atoms with E-state index < -0.39 is 5.91 Å². The number of nitrogens with zero attached hydrogens (tertiary/aromatic N) is 1. The largest absolute Gasteiger partial charge is 0.496 e. The maximum atomic E-state index is 12.5. The van der Waals surface area contributed by atoms with E-state index in [1.54, 1.807) is 25.3 Å². The van der Waals surface area contributed by atoms with E-state index in [0.29, 0.717) is 10.7 Å². The molecule has 134 valence electrons. The molecule has 0 radical (unpaired) electrons. The number of benzene rings is 3. The molecule has 4 nitrogen and oxygen atoms in total. The zero-order valence-electron chi connectivity index (χ0n) is 14.9. The van der Waals surface area contributed by atoms with Crippen LogP contribution in [0.4, 0.5) is 5.69 Å². The van der Waals surface area contributed by atoms with Crippen LogP contribution in [-0.2, 0) is 4.79 Å². The number of methoxy groups -OCH3 is 1. The van der Waals surface area contributed by atoms with E-state index in [1.165, 1.54) is 0 Å². The van der Waals surface area contributed by atoms with Gasteiger partial charge in [0.25, 0.3) is 5.91 Å². The smallest absolute Gasteiger partial charge is 0.266 e. The van der Waals surface area contributed by atoms with E-state index in [9.17, 15) is 10.1 Å². The van der Waals surface area contributed by atoms with Crippen molar-refractivity contribution in [3.8, 4) is 11.8 Å². The number of aryl methyl sites for hydroxylation is 1. The molecule has 1 N–H and O–H groups in total. The average Bonchev–Trinajstić information content (AvgIpc) is 2.68. The number of amides is 1. The number of nitrogens with one attached hydrogen (secondary N) is 1. The van der Waals surface area contributed by atoms with Gasteiger partial charge in [-0.05, 0) is 47.7 Å². The maximum absolute atomic E-state index is 12.5. The van der Waals surface area contributed by atoms with Crippen LogP contribution in [0.3, 0.4) is 0 Å². The molecule has 3 aromatic rings. The van der Waals surface area contributed by atoms with E-state index in [1.807, 2.05) is 55.5 Å². The van der Waals surface area contributed by atoms with Crippen molar-refractivity contribution in [1.82, 2.24) is 0 Å². The van der Waals surface area contributed by atoms with Crippen LogP contribution in [0.1, 0.15) is 11.1 Å². The molecule has 27 heavy (non-hydrogen) atoms. The number of hydrogen-bond acceptors (Lipinski definition) is 3. The first-order chi connectivity index (χ1) is 13.0. The van der Waals surface area contributed by atoms with E-state index in [4.69, 9.17) is 16.3 Å². The number of anilines is 1. The zero-order valence-corrected chi connectivity index (χ0v) is 15.7. The normalized spacial score (nSPS) is 11.1. The molecule has 0 saturated carbocycles. The Labute approximate surface area is 162 Å². The summed E-state index contributed by atoms with van der Waals surface area (Å²) in [4.78, 5) is 12.5. The third kappa shape index (κ3) is 3.94. The summed E-state index contributed by atoms with van der Waals surface area (Å²) < 4.78 is 5.38. The summed E-state index contributed by atoms with van der Waals surface area (Å²) in [7, 11) is 1.61. The predicted octanol–water partition coefficient (Wildman–Crippen LogP) is 5.36. The number of hydrogen-bond donors (Lipinski definition) is 1. The van der Waals surface area contributed by atoms with Gasteiger partial charge in [0, 0.05) is 16.1 Å². The molecule has 0 bridgehead atoms. The van der Waals surface area contributed by atoms with Crippen molar-refractivity contribution in [2.45, 2.75) is 6.92 Å². The molecule has 0 aliphatic heterocycles. The van der Waals surface area contributed by atoms with Gasteiger partial charge in [0.2, 0.25) is 0 Å². The van der Waals surface area contributed by atoms with E-state index in [2.05, 4.69) is 5.32 Å². The van der Waals surface area contributed by atoms with Gasteiger partial charge in [-0.15, -0.1) is 0 Å². The average molecular weight is 377 g/mol. The number of carbonyl (C=O) groups excluding carboxylic acids is 1. The lowest BCUT2D eigenvalue weighted by atomic mass is 10.0. The molecule has 0 spiro atoms. The molecular formula is C22H17ClN2O2. The maximum Gasteiger partial charge on any atom is 0.266 e. The SMILES string of the molecule is COc1ccc(/C=C(\C#N)C(=O)Nc2ccc(C)c(Cl)c2)c2ccccc12. The summed E-state index contributed by atoms with van der Waals surface area (Å²) >= 11 is 6.09. The van der Waals surface area contributed by atoms with E-state index in [0.717, 1.165) is 27.6 Å². The van der Waals surface area contributed by atoms with Crippen molar-refractivity contribution in [2.75, 3.05) is 12.4 Å². The van der Waals surface area contributed by atoms with Gasteiger partial charge >= 0.3 is 0 Å². The first kappa shape index (κ1) is 18.5. The third-order valence-electron chi connectivity index (χ3n) is 4.23. The summed E-state index contributed by atoms with van der Waals surface area (Å²) in [5.41, 5.74) is 2.22. The molecule has 0 heterocycles. The molecule has 0 atom stereocenters. The van der Waals surface area contributed by atoms with Crippen LogP contribution >= 0.6 is 11.6 Å². The third-order valence-corrected chi connectivity index (χ3v) is 4.64. The molecule has 0 saturated heterocycles. The Balaban J connectivity index is 1.97. The lowest BCUT2D eigenvalue weighted by Crippen LogP contribution is -2.13. The Morgan fingerprint density at radius 3 is 2.56 bits per heavy atom. The number of halogens is 1. The Morgan fingerprint density at radius 1 is 1.15 bits per heavy atom. The quantitative estimate of drug-likeness (QED) is 0.492. The Morgan fingerprint density at radius 2 is 1.89 bits per heavy atom. The molecule has 0 unspecified atom stereocenters. The van der Waals surface area contributed by atoms with Gasteiger partial charge in [-0.2, -0.15) is 5.26 Å². The molecule has 5 heteroatoms. The number of nitriles is 1. The Bertz CT molecular complexity index is 1100. The van der Waals surface area contributed by atoms with Gasteiger partial charge in [-0.3, -0.25) is 4.79 Å². The summed E-state index contributed by atoms with van der Waals surface area (Å²) in [5, 5.41) is 14.6. The minimum Gasteiger partial charge on any atom is -0.496 e. The summed E-state index contributed by atoms with van der Waals surface area (Å²) in [5.74, 6) is 0.248. The standard InChI is InChI=1S/C22H17ClN2O2/c1-14-7-9-17(12-20(14)23)25-22(26)16(13-24)11-15-8-10-21(27-2)19-6-4-3-5-18(15)19/h3-12H,1-2H3,(H,25,26)/b16-11+. The molecule has 0 aromatic heterocycles. The molecule has 0 fully saturated rings. The second-order valence-corrected chi connectivity index (χ2v) is 6.40. The van der Waals surface area contributed by atoms with Crippen molar-refractivity contribution < 1.29 is 9.53 Å². The van der Waals surface area contributed by atoms with Crippen molar-refractivity contribution in [2.24, 2.45) is 0 Å². The Hall–Kier alpha value is -3.29. The van der Waals surface area contributed by atoms with Crippen LogP contribution < -0.4 is 10.1 Å². The minimum absolute atomic E-state index is 0.00187. The first-order valence-electron chi connectivity index (χ1n) is 8.28. The Kier molecular flexibility index (Phi) is 5.44. The van der Waals surface area contributed by atoms with Gasteiger partial charge in [-0.1, -0.05) is 48.0 Å². The predicted molar refractivity (Wildman–Crippen MR) is 109 cm³/mol. The zero-order chi connectivity index (χ0) is 19.4. The lowest BCUT2D eigenvalue weighted by Gasteiger charge is -2.09. The van der Waals surface area contributed by atoms with Crippen molar-refractivity contribution in [3.05, 3.63) is 76.3 Å². The van der Waals surface area contributed by atoms with Crippen LogP contribution in [0.2, 0.25) is 5.02 Å². The highest BCUT2D eigenvalue weighted by atomic mass is 35.5. The molecule has 1 amide bonds. The summed E-state index contributed by atoms with van der Waals surface area (Å²) in [6.45, 7) is 1.88. The molecule has 0 aliphatic carbocycles. The molecular weight excluding hydrogens is 360 g/mol. The highest BCUT2D eigenvalue weighted by Gasteiger charge is 2.12.